The molecule has 0 radical (unpaired) electrons. The zero-order valence-corrected chi connectivity index (χ0v) is 30.3. The number of amides is 3. The summed E-state index contributed by atoms with van der Waals surface area (Å²) >= 11 is 0. The van der Waals surface area contributed by atoms with Crippen molar-refractivity contribution in [2.24, 2.45) is 5.92 Å². The molecule has 54 heavy (non-hydrogen) atoms. The second-order valence-corrected chi connectivity index (χ2v) is 13.8. The van der Waals surface area contributed by atoms with Gasteiger partial charge in [-0.3, -0.25) is 14.4 Å². The van der Waals surface area contributed by atoms with Crippen LogP contribution in [0.1, 0.15) is 64.4 Å². The molecule has 3 heterocycles. The molecule has 8 nitrogen and oxygen atoms in total. The van der Waals surface area contributed by atoms with E-state index in [0.29, 0.717) is 73.8 Å². The Morgan fingerprint density at radius 3 is 2.24 bits per heavy atom. The van der Waals surface area contributed by atoms with E-state index in [0.717, 1.165) is 49.1 Å². The van der Waals surface area contributed by atoms with Gasteiger partial charge in [0, 0.05) is 50.5 Å². The molecule has 0 bridgehead atoms. The third kappa shape index (κ3) is 9.38. The first kappa shape index (κ1) is 38.3. The Balaban J connectivity index is 0.000000232. The van der Waals surface area contributed by atoms with Gasteiger partial charge in [-0.15, -0.1) is 5.69 Å². The summed E-state index contributed by atoms with van der Waals surface area (Å²) < 4.78 is 44.2. The Hall–Kier alpha value is -5.42. The fourth-order valence-corrected chi connectivity index (χ4v) is 7.02. The smallest absolute Gasteiger partial charge is 0.416 e. The average molecular weight is 738 g/mol. The molecule has 1 saturated heterocycles. The molecule has 1 fully saturated rings. The molecule has 4 aromatic rings. The fourth-order valence-electron chi connectivity index (χ4n) is 7.02. The van der Waals surface area contributed by atoms with E-state index in [9.17, 15) is 27.6 Å². The van der Waals surface area contributed by atoms with Crippen molar-refractivity contribution in [2.45, 2.75) is 58.3 Å². The lowest BCUT2D eigenvalue weighted by molar-refractivity contribution is -0.138. The Bertz CT molecular complexity index is 2000. The monoisotopic (exact) mass is 737 g/mol. The number of fused-ring (bicyclic) bond motifs is 2. The number of hydrogen-bond acceptors (Lipinski definition) is 4. The highest BCUT2D eigenvalue weighted by molar-refractivity contribution is 6.08. The van der Waals surface area contributed by atoms with Crippen molar-refractivity contribution in [3.05, 3.63) is 136 Å². The predicted molar refractivity (Wildman–Crippen MR) is 203 cm³/mol. The van der Waals surface area contributed by atoms with Gasteiger partial charge >= 0.3 is 6.18 Å². The third-order valence-corrected chi connectivity index (χ3v) is 10.0. The number of anilines is 1. The molecule has 0 aliphatic carbocycles. The lowest BCUT2D eigenvalue weighted by atomic mass is 9.96. The number of benzene rings is 4. The number of rotatable bonds is 7. The number of nitrogens with zero attached hydrogens (tertiary/aromatic N) is 2. The van der Waals surface area contributed by atoms with Gasteiger partial charge in [-0.1, -0.05) is 73.7 Å². The summed E-state index contributed by atoms with van der Waals surface area (Å²) in [7, 11) is 0. The number of hydrogen-bond donors (Lipinski definition) is 1. The van der Waals surface area contributed by atoms with Crippen LogP contribution >= 0.6 is 0 Å². The van der Waals surface area contributed by atoms with Gasteiger partial charge in [0.2, 0.25) is 11.8 Å². The van der Waals surface area contributed by atoms with Crippen molar-refractivity contribution >= 4 is 29.1 Å². The van der Waals surface area contributed by atoms with Crippen LogP contribution in [0.3, 0.4) is 0 Å². The van der Waals surface area contributed by atoms with Crippen LogP contribution in [0.5, 0.6) is 0 Å². The van der Waals surface area contributed by atoms with E-state index in [2.05, 4.69) is 12.2 Å². The van der Waals surface area contributed by atoms with Crippen LogP contribution in [0.2, 0.25) is 0 Å². The highest BCUT2D eigenvalue weighted by atomic mass is 19.4. The van der Waals surface area contributed by atoms with Gasteiger partial charge in [0.1, 0.15) is 0 Å². The van der Waals surface area contributed by atoms with Crippen LogP contribution in [0.4, 0.5) is 24.5 Å². The van der Waals surface area contributed by atoms with E-state index in [1.165, 1.54) is 23.3 Å². The lowest BCUT2D eigenvalue weighted by Gasteiger charge is -2.31. The number of carbonyl (C=O) groups excluding carboxylic acids is 3. The van der Waals surface area contributed by atoms with E-state index < -0.39 is 11.7 Å². The Labute approximate surface area is 313 Å². The van der Waals surface area contributed by atoms with Crippen LogP contribution in [0.25, 0.3) is 16.9 Å². The quantitative estimate of drug-likeness (QED) is 0.191. The van der Waals surface area contributed by atoms with Gasteiger partial charge in [-0.2, -0.15) is 13.2 Å². The van der Waals surface area contributed by atoms with Crippen molar-refractivity contribution in [2.75, 3.05) is 31.6 Å². The first-order valence-corrected chi connectivity index (χ1v) is 18.3. The van der Waals surface area contributed by atoms with Gasteiger partial charge in [0.25, 0.3) is 5.91 Å². The van der Waals surface area contributed by atoms with Gasteiger partial charge in [0.05, 0.1) is 18.1 Å². The normalized spacial score (nSPS) is 16.6. The minimum Gasteiger partial charge on any atom is -0.699 e. The summed E-state index contributed by atoms with van der Waals surface area (Å²) in [5.41, 5.74) is 14.0. The maximum Gasteiger partial charge on any atom is 0.416 e. The highest BCUT2D eigenvalue weighted by Gasteiger charge is 2.31. The van der Waals surface area contributed by atoms with Gasteiger partial charge < -0.3 is 25.6 Å². The maximum atomic E-state index is 13.1. The van der Waals surface area contributed by atoms with E-state index in [1.54, 1.807) is 30.3 Å². The highest BCUT2D eigenvalue weighted by Crippen LogP contribution is 2.33. The molecule has 3 aliphatic rings. The zero-order valence-electron chi connectivity index (χ0n) is 30.3. The molecule has 1 atom stereocenters. The number of carbonyl (C=O) groups is 3. The van der Waals surface area contributed by atoms with E-state index in [4.69, 9.17) is 10.5 Å². The summed E-state index contributed by atoms with van der Waals surface area (Å²) in [6, 6.07) is 22.9. The van der Waals surface area contributed by atoms with Crippen molar-refractivity contribution < 1.29 is 32.3 Å². The van der Waals surface area contributed by atoms with Gasteiger partial charge in [0.15, 0.2) is 0 Å². The summed E-state index contributed by atoms with van der Waals surface area (Å²) in [5.74, 6) is -0.0788. The summed E-state index contributed by atoms with van der Waals surface area (Å²) in [6.45, 7) is 5.80. The first-order valence-electron chi connectivity index (χ1n) is 18.3. The molecule has 4 aromatic carbocycles. The SMILES string of the molecule is CCC=CCC(=O)N1CCc2cc([NH-])ccc2C1.O=C(Nc1ccc2c(c1)CCN(C(=O)C1CCOC1)C2)c1ccccc1-c1ccc(C(F)(F)F)cc1. The second-order valence-electron chi connectivity index (χ2n) is 13.8. The number of ether oxygens (including phenoxy) is 1. The third-order valence-electron chi connectivity index (χ3n) is 10.0. The van der Waals surface area contributed by atoms with Crippen LogP contribution in [0.15, 0.2) is 97.1 Å². The van der Waals surface area contributed by atoms with Gasteiger partial charge in [-0.05, 0) is 89.4 Å². The average Bonchev–Trinajstić information content (AvgIpc) is 3.73. The Morgan fingerprint density at radius 2 is 1.54 bits per heavy atom. The van der Waals surface area contributed by atoms with Crippen molar-refractivity contribution in [3.8, 4) is 11.1 Å². The fraction of sp³-hybridized carbons (Fsp3) is 0.326. The summed E-state index contributed by atoms with van der Waals surface area (Å²) in [6.07, 6.45) is 3.36. The summed E-state index contributed by atoms with van der Waals surface area (Å²) in [5, 5.41) is 2.92. The van der Waals surface area contributed by atoms with Crippen molar-refractivity contribution in [3.63, 3.8) is 0 Å². The standard InChI is InChI=1S/C28H25F3N2O3.C15H19N2O/c29-28(30,31)22-8-5-18(6-9-22)24-3-1-2-4-25(24)26(34)32-23-10-7-20-16-33(13-11-19(20)15-23)27(35)21-12-14-36-17-21;1-2-3-4-5-15(18)17-9-8-12-10-14(16)7-6-13(12)11-17/h1-10,15,21H,11-14,16-17H2,(H,32,34);3-4,6-7,10,16H,2,5,8-9,11H2,1H3/q;-1. The molecule has 0 saturated carbocycles. The van der Waals surface area contributed by atoms with E-state index in [-0.39, 0.29) is 23.6 Å². The molecule has 0 aromatic heterocycles. The lowest BCUT2D eigenvalue weighted by Crippen LogP contribution is -2.40. The van der Waals surface area contributed by atoms with E-state index >= 15 is 0 Å². The Kier molecular flexibility index (Phi) is 12.2. The van der Waals surface area contributed by atoms with Crippen molar-refractivity contribution in [1.29, 1.82) is 0 Å². The van der Waals surface area contributed by atoms with Crippen LogP contribution in [0, 0.1) is 5.92 Å². The first-order chi connectivity index (χ1) is 26.0. The topological polar surface area (TPSA) is 103 Å². The van der Waals surface area contributed by atoms with Crippen LogP contribution < -0.4 is 5.32 Å². The van der Waals surface area contributed by atoms with Crippen molar-refractivity contribution in [1.82, 2.24) is 9.80 Å². The number of allylic oxidation sites excluding steroid dienone is 1. The largest absolute Gasteiger partial charge is 0.699 e. The number of nitrogens with one attached hydrogen (secondary N) is 2. The maximum absolute atomic E-state index is 13.1. The molecule has 3 amide bonds. The molecule has 3 aliphatic heterocycles. The molecule has 1 unspecified atom stereocenters. The minimum atomic E-state index is -4.42. The van der Waals surface area contributed by atoms with Gasteiger partial charge in [-0.25, -0.2) is 0 Å². The second kappa shape index (κ2) is 17.2. The number of halogens is 3. The number of alkyl halides is 3. The molecule has 11 heteroatoms. The molecule has 0 spiro atoms. The van der Waals surface area contributed by atoms with E-state index in [1.807, 2.05) is 52.3 Å². The Morgan fingerprint density at radius 1 is 0.852 bits per heavy atom. The summed E-state index contributed by atoms with van der Waals surface area (Å²) in [4.78, 5) is 41.6. The zero-order chi connectivity index (χ0) is 38.2. The molecule has 7 rings (SSSR count). The van der Waals surface area contributed by atoms with Crippen LogP contribution in [-0.2, 0) is 46.4 Å². The minimum absolute atomic E-state index is 0.0603. The molecular weight excluding hydrogens is 693 g/mol. The predicted octanol–water partition coefficient (Wildman–Crippen LogP) is 9.16. The van der Waals surface area contributed by atoms with Crippen LogP contribution in [-0.4, -0.2) is 53.8 Å². The molecule has 2 N–H and O–H groups in total. The molecular formula is C43H44F3N4O4-. The molecule has 282 valence electrons.